The third kappa shape index (κ3) is 2.20. The van der Waals surface area contributed by atoms with Crippen molar-refractivity contribution in [2.45, 2.75) is 6.42 Å². The Hall–Kier alpha value is -1.09. The summed E-state index contributed by atoms with van der Waals surface area (Å²) in [7, 11) is 0. The number of aliphatic carboxylic acids is 1. The van der Waals surface area contributed by atoms with E-state index < -0.39 is 18.2 Å². The molecule has 0 unspecified atom stereocenters. The van der Waals surface area contributed by atoms with Crippen LogP contribution in [0.2, 0.25) is 5.02 Å². The summed E-state index contributed by atoms with van der Waals surface area (Å²) in [4.78, 5) is 10.1. The van der Waals surface area contributed by atoms with E-state index in [9.17, 15) is 14.3 Å². The number of hydrogen-bond acceptors (Lipinski definition) is 2. The fourth-order valence-corrected chi connectivity index (χ4v) is 0.979. The first-order chi connectivity index (χ1) is 5.59. The predicted molar refractivity (Wildman–Crippen MR) is 40.1 cm³/mol. The van der Waals surface area contributed by atoms with Gasteiger partial charge in [0.2, 0.25) is 0 Å². The molecule has 0 saturated carbocycles. The Labute approximate surface area is 73.6 Å². The zero-order chi connectivity index (χ0) is 9.14. The minimum absolute atomic E-state index is 0.0828. The van der Waals surface area contributed by atoms with Crippen LogP contribution in [0, 0.1) is 5.82 Å². The van der Waals surface area contributed by atoms with Crippen molar-refractivity contribution in [2.75, 3.05) is 0 Å². The summed E-state index contributed by atoms with van der Waals surface area (Å²) in [6, 6.07) is 3.83. The van der Waals surface area contributed by atoms with E-state index in [1.807, 2.05) is 0 Å². The Kier molecular flexibility index (Phi) is 2.65. The number of benzene rings is 1. The number of rotatable bonds is 2. The van der Waals surface area contributed by atoms with Crippen molar-refractivity contribution in [3.8, 4) is 0 Å². The zero-order valence-electron chi connectivity index (χ0n) is 6.01. The highest BCUT2D eigenvalue weighted by atomic mass is 35.5. The molecule has 0 radical (unpaired) electrons. The Balaban J connectivity index is 2.93. The average molecular weight is 188 g/mol. The van der Waals surface area contributed by atoms with Crippen LogP contribution in [0.25, 0.3) is 0 Å². The predicted octanol–water partition coefficient (Wildman–Crippen LogP) is 0.771. The molecule has 0 aliphatic rings. The van der Waals surface area contributed by atoms with Gasteiger partial charge in [0, 0.05) is 17.4 Å². The Bertz CT molecular complexity index is 312. The molecule has 0 bridgehead atoms. The smallest absolute Gasteiger partial charge is 0.128 e. The van der Waals surface area contributed by atoms with E-state index in [0.29, 0.717) is 0 Å². The first-order valence-corrected chi connectivity index (χ1v) is 3.61. The van der Waals surface area contributed by atoms with Gasteiger partial charge >= 0.3 is 0 Å². The molecule has 1 aromatic carbocycles. The third-order valence-electron chi connectivity index (χ3n) is 1.35. The van der Waals surface area contributed by atoms with E-state index in [4.69, 9.17) is 11.6 Å². The van der Waals surface area contributed by atoms with Gasteiger partial charge in [0.1, 0.15) is 5.82 Å². The van der Waals surface area contributed by atoms with Crippen LogP contribution < -0.4 is 5.11 Å². The van der Waals surface area contributed by atoms with Gasteiger partial charge < -0.3 is 9.90 Å². The number of carbonyl (C=O) groups excluding carboxylic acids is 1. The molecule has 64 valence electrons. The topological polar surface area (TPSA) is 40.1 Å². The maximum absolute atomic E-state index is 12.8. The summed E-state index contributed by atoms with van der Waals surface area (Å²) in [5.41, 5.74) is 0.0828. The SMILES string of the molecule is O=C([O-])Cc1ccc(Cl)cc1F. The molecule has 4 heteroatoms. The molecule has 0 saturated heterocycles. The van der Waals surface area contributed by atoms with Gasteiger partial charge in [0.15, 0.2) is 0 Å². The molecule has 0 amide bonds. The molecular weight excluding hydrogens is 183 g/mol. The zero-order valence-corrected chi connectivity index (χ0v) is 6.77. The number of hydrogen-bond donors (Lipinski definition) is 0. The molecule has 0 aromatic heterocycles. The van der Waals surface area contributed by atoms with Gasteiger partial charge in [-0.3, -0.25) is 0 Å². The fourth-order valence-electron chi connectivity index (χ4n) is 0.821. The van der Waals surface area contributed by atoms with Crippen LogP contribution in [0.1, 0.15) is 5.56 Å². The molecule has 0 fully saturated rings. The lowest BCUT2D eigenvalue weighted by molar-refractivity contribution is -0.304. The summed E-state index contributed by atoms with van der Waals surface area (Å²) in [6.45, 7) is 0. The molecule has 0 aliphatic carbocycles. The molecule has 0 atom stereocenters. The van der Waals surface area contributed by atoms with E-state index >= 15 is 0 Å². The maximum Gasteiger partial charge on any atom is 0.128 e. The fraction of sp³-hybridized carbons (Fsp3) is 0.125. The van der Waals surface area contributed by atoms with Crippen molar-refractivity contribution in [2.24, 2.45) is 0 Å². The molecule has 0 N–H and O–H groups in total. The van der Waals surface area contributed by atoms with Crippen LogP contribution in [-0.4, -0.2) is 5.97 Å². The third-order valence-corrected chi connectivity index (χ3v) is 1.58. The maximum atomic E-state index is 12.8. The standard InChI is InChI=1S/C8H6ClFO2/c9-6-2-1-5(3-8(11)12)7(10)4-6/h1-2,4H,3H2,(H,11,12)/p-1. The highest BCUT2D eigenvalue weighted by molar-refractivity contribution is 6.30. The molecule has 0 spiro atoms. The second-order valence-corrected chi connectivity index (χ2v) is 2.72. The van der Waals surface area contributed by atoms with E-state index in [1.54, 1.807) is 0 Å². The highest BCUT2D eigenvalue weighted by Crippen LogP contribution is 2.14. The monoisotopic (exact) mass is 187 g/mol. The van der Waals surface area contributed by atoms with Crippen LogP contribution in [-0.2, 0) is 11.2 Å². The van der Waals surface area contributed by atoms with Crippen LogP contribution in [0.5, 0.6) is 0 Å². The van der Waals surface area contributed by atoms with Crippen LogP contribution in [0.4, 0.5) is 4.39 Å². The van der Waals surface area contributed by atoms with Gasteiger partial charge in [0.05, 0.1) is 0 Å². The summed E-state index contributed by atoms with van der Waals surface area (Å²) in [5.74, 6) is -1.93. The molecule has 0 heterocycles. The van der Waals surface area contributed by atoms with Crippen molar-refractivity contribution >= 4 is 17.6 Å². The minimum atomic E-state index is -1.31. The second kappa shape index (κ2) is 3.54. The van der Waals surface area contributed by atoms with Crippen molar-refractivity contribution in [3.05, 3.63) is 34.6 Å². The van der Waals surface area contributed by atoms with E-state index in [1.165, 1.54) is 12.1 Å². The van der Waals surface area contributed by atoms with E-state index in [-0.39, 0.29) is 10.6 Å². The van der Waals surface area contributed by atoms with Crippen molar-refractivity contribution in [1.29, 1.82) is 0 Å². The summed E-state index contributed by atoms with van der Waals surface area (Å²) in [5, 5.41) is 10.3. The van der Waals surface area contributed by atoms with Crippen molar-refractivity contribution in [3.63, 3.8) is 0 Å². The molecule has 12 heavy (non-hydrogen) atoms. The van der Waals surface area contributed by atoms with Crippen molar-refractivity contribution < 1.29 is 14.3 Å². The quantitative estimate of drug-likeness (QED) is 0.686. The number of carboxylic acid groups (broad SMARTS) is 1. The number of carbonyl (C=O) groups is 1. The molecular formula is C8H5ClFO2-. The Morgan fingerprint density at radius 2 is 2.25 bits per heavy atom. The lowest BCUT2D eigenvalue weighted by Gasteiger charge is -2.03. The van der Waals surface area contributed by atoms with Gasteiger partial charge in [-0.2, -0.15) is 0 Å². The van der Waals surface area contributed by atoms with Gasteiger partial charge in [-0.05, 0) is 17.7 Å². The number of halogens is 2. The molecule has 1 aromatic rings. The summed E-state index contributed by atoms with van der Waals surface area (Å²) in [6.07, 6.45) is -0.428. The minimum Gasteiger partial charge on any atom is -0.550 e. The highest BCUT2D eigenvalue weighted by Gasteiger charge is 2.02. The number of carboxylic acids is 1. The summed E-state index contributed by atoms with van der Waals surface area (Å²) >= 11 is 5.45. The van der Waals surface area contributed by atoms with Gasteiger partial charge in [-0.1, -0.05) is 17.7 Å². The van der Waals surface area contributed by atoms with Crippen LogP contribution in [0.15, 0.2) is 18.2 Å². The second-order valence-electron chi connectivity index (χ2n) is 2.28. The van der Waals surface area contributed by atoms with E-state index in [0.717, 1.165) is 6.07 Å². The molecule has 1 rings (SSSR count). The van der Waals surface area contributed by atoms with Gasteiger partial charge in [-0.15, -0.1) is 0 Å². The average Bonchev–Trinajstić information content (AvgIpc) is 1.94. The Morgan fingerprint density at radius 3 is 2.75 bits per heavy atom. The van der Waals surface area contributed by atoms with Crippen LogP contribution >= 0.6 is 11.6 Å². The normalized spacial score (nSPS) is 9.83. The van der Waals surface area contributed by atoms with Gasteiger partial charge in [0.25, 0.3) is 0 Å². The first-order valence-electron chi connectivity index (χ1n) is 3.23. The van der Waals surface area contributed by atoms with Crippen molar-refractivity contribution in [1.82, 2.24) is 0 Å². The molecule has 0 aliphatic heterocycles. The summed E-state index contributed by atoms with van der Waals surface area (Å²) < 4.78 is 12.8. The molecule has 2 nitrogen and oxygen atoms in total. The lowest BCUT2D eigenvalue weighted by Crippen LogP contribution is -2.24. The first kappa shape index (κ1) is 9.00. The Morgan fingerprint density at radius 1 is 1.58 bits per heavy atom. The van der Waals surface area contributed by atoms with Crippen LogP contribution in [0.3, 0.4) is 0 Å². The largest absolute Gasteiger partial charge is 0.550 e. The lowest BCUT2D eigenvalue weighted by atomic mass is 10.1. The van der Waals surface area contributed by atoms with E-state index in [2.05, 4.69) is 0 Å². The van der Waals surface area contributed by atoms with Gasteiger partial charge in [-0.25, -0.2) is 4.39 Å².